The van der Waals surface area contributed by atoms with Crippen LogP contribution >= 0.6 is 27.5 Å². The average molecular weight is 362 g/mol. The molecule has 104 valence electrons. The molecule has 0 unspecified atom stereocenters. The van der Waals surface area contributed by atoms with E-state index in [9.17, 15) is 13.6 Å². The molecule has 0 radical (unpaired) electrons. The zero-order valence-corrected chi connectivity index (χ0v) is 12.3. The Morgan fingerprint density at radius 2 is 1.85 bits per heavy atom. The summed E-state index contributed by atoms with van der Waals surface area (Å²) in [7, 11) is 0. The highest BCUT2D eigenvalue weighted by Crippen LogP contribution is 2.28. The molecule has 0 aliphatic rings. The van der Waals surface area contributed by atoms with Crippen LogP contribution in [0.2, 0.25) is 5.02 Å². The molecular weight excluding hydrogens is 354 g/mol. The van der Waals surface area contributed by atoms with Crippen LogP contribution in [-0.4, -0.2) is 12.4 Å². The number of halogens is 4. The Hall–Kier alpha value is -1.46. The van der Waals surface area contributed by atoms with Gasteiger partial charge < -0.3 is 4.74 Å². The van der Waals surface area contributed by atoms with Crippen molar-refractivity contribution >= 4 is 33.3 Å². The highest BCUT2D eigenvalue weighted by molar-refractivity contribution is 9.10. The van der Waals surface area contributed by atoms with Gasteiger partial charge in [0.25, 0.3) is 0 Å². The van der Waals surface area contributed by atoms with E-state index in [1.54, 1.807) is 18.2 Å². The number of Topliss-reactive ketones (excluding diaryl/α,β-unsaturated/α-hetero) is 1. The van der Waals surface area contributed by atoms with Gasteiger partial charge in [0.15, 0.2) is 6.61 Å². The van der Waals surface area contributed by atoms with Crippen LogP contribution in [0.1, 0.15) is 10.4 Å². The largest absolute Gasteiger partial charge is 0.484 e. The first kappa shape index (κ1) is 14.9. The van der Waals surface area contributed by atoms with Gasteiger partial charge in [0.1, 0.15) is 17.4 Å². The molecule has 0 atom stereocenters. The summed E-state index contributed by atoms with van der Waals surface area (Å²) < 4.78 is 32.6. The van der Waals surface area contributed by atoms with E-state index in [2.05, 4.69) is 15.9 Å². The summed E-state index contributed by atoms with van der Waals surface area (Å²) in [5.41, 5.74) is -0.599. The van der Waals surface area contributed by atoms with Gasteiger partial charge in [0, 0.05) is 5.02 Å². The molecule has 6 heteroatoms. The van der Waals surface area contributed by atoms with E-state index in [4.69, 9.17) is 16.3 Å². The normalized spacial score (nSPS) is 10.4. The van der Waals surface area contributed by atoms with Gasteiger partial charge in [-0.15, -0.1) is 0 Å². The summed E-state index contributed by atoms with van der Waals surface area (Å²) in [5, 5.41) is 0.496. The van der Waals surface area contributed by atoms with Crippen molar-refractivity contribution in [3.63, 3.8) is 0 Å². The van der Waals surface area contributed by atoms with E-state index in [1.165, 1.54) is 6.07 Å². The predicted octanol–water partition coefficient (Wildman–Crippen LogP) is 4.64. The van der Waals surface area contributed by atoms with E-state index in [0.29, 0.717) is 15.2 Å². The van der Waals surface area contributed by atoms with Gasteiger partial charge in [-0.05, 0) is 46.3 Å². The van der Waals surface area contributed by atoms with Gasteiger partial charge in [-0.3, -0.25) is 4.79 Å². The molecule has 0 N–H and O–H groups in total. The second-order valence-electron chi connectivity index (χ2n) is 3.88. The SMILES string of the molecule is O=C(COc1ccc(Cl)cc1Br)c1c(F)cccc1F. The number of rotatable bonds is 4. The van der Waals surface area contributed by atoms with Crippen LogP contribution in [-0.2, 0) is 0 Å². The minimum Gasteiger partial charge on any atom is -0.484 e. The number of hydrogen-bond acceptors (Lipinski definition) is 2. The minimum atomic E-state index is -0.909. The Kier molecular flexibility index (Phi) is 4.73. The van der Waals surface area contributed by atoms with Gasteiger partial charge in [0.05, 0.1) is 10.0 Å². The first-order valence-electron chi connectivity index (χ1n) is 5.54. The lowest BCUT2D eigenvalue weighted by Crippen LogP contribution is -2.15. The van der Waals surface area contributed by atoms with Gasteiger partial charge in [-0.25, -0.2) is 8.78 Å². The highest BCUT2D eigenvalue weighted by Gasteiger charge is 2.17. The van der Waals surface area contributed by atoms with Crippen molar-refractivity contribution < 1.29 is 18.3 Å². The molecule has 0 amide bonds. The van der Waals surface area contributed by atoms with Crippen molar-refractivity contribution in [1.29, 1.82) is 0 Å². The van der Waals surface area contributed by atoms with Crippen LogP contribution in [0.15, 0.2) is 40.9 Å². The summed E-state index contributed by atoms with van der Waals surface area (Å²) >= 11 is 8.98. The van der Waals surface area contributed by atoms with E-state index in [1.807, 2.05) is 0 Å². The molecule has 0 aliphatic heterocycles. The molecule has 20 heavy (non-hydrogen) atoms. The van der Waals surface area contributed by atoms with Crippen molar-refractivity contribution in [2.24, 2.45) is 0 Å². The summed E-state index contributed by atoms with van der Waals surface area (Å²) in [6.45, 7) is -0.474. The Bertz CT molecular complexity index is 641. The third-order valence-electron chi connectivity index (χ3n) is 2.49. The zero-order valence-electron chi connectivity index (χ0n) is 10.00. The zero-order chi connectivity index (χ0) is 14.7. The third-order valence-corrected chi connectivity index (χ3v) is 3.35. The number of hydrogen-bond donors (Lipinski definition) is 0. The van der Waals surface area contributed by atoms with E-state index >= 15 is 0 Å². The van der Waals surface area contributed by atoms with E-state index in [-0.39, 0.29) is 0 Å². The molecule has 0 aromatic heterocycles. The lowest BCUT2D eigenvalue weighted by molar-refractivity contribution is 0.0912. The van der Waals surface area contributed by atoms with Crippen molar-refractivity contribution in [3.8, 4) is 5.75 Å². The Morgan fingerprint density at radius 3 is 2.45 bits per heavy atom. The molecule has 0 bridgehead atoms. The van der Waals surface area contributed by atoms with E-state index in [0.717, 1.165) is 12.1 Å². The summed E-state index contributed by atoms with van der Waals surface area (Å²) in [6, 6.07) is 7.96. The molecule has 0 spiro atoms. The fraction of sp³-hybridized carbons (Fsp3) is 0.0714. The van der Waals surface area contributed by atoms with Crippen molar-refractivity contribution in [2.75, 3.05) is 6.61 Å². The number of carbonyl (C=O) groups excluding carboxylic acids is 1. The second kappa shape index (κ2) is 6.33. The maximum atomic E-state index is 13.4. The van der Waals surface area contributed by atoms with Crippen molar-refractivity contribution in [1.82, 2.24) is 0 Å². The lowest BCUT2D eigenvalue weighted by Gasteiger charge is -2.08. The van der Waals surface area contributed by atoms with Crippen LogP contribution < -0.4 is 4.74 Å². The van der Waals surface area contributed by atoms with Crippen LogP contribution in [0.25, 0.3) is 0 Å². The third kappa shape index (κ3) is 3.35. The first-order chi connectivity index (χ1) is 9.49. The summed E-state index contributed by atoms with van der Waals surface area (Å²) in [5.74, 6) is -2.23. The molecule has 2 rings (SSSR count). The maximum Gasteiger partial charge on any atom is 0.206 e. The molecule has 2 aromatic rings. The number of carbonyl (C=O) groups is 1. The molecule has 0 aliphatic carbocycles. The minimum absolute atomic E-state index is 0.361. The maximum absolute atomic E-state index is 13.4. The summed E-state index contributed by atoms with van der Waals surface area (Å²) in [4.78, 5) is 11.8. The lowest BCUT2D eigenvalue weighted by atomic mass is 10.1. The smallest absolute Gasteiger partial charge is 0.206 e. The van der Waals surface area contributed by atoms with Gasteiger partial charge >= 0.3 is 0 Å². The highest BCUT2D eigenvalue weighted by atomic mass is 79.9. The molecule has 2 aromatic carbocycles. The molecule has 0 saturated carbocycles. The molecule has 0 fully saturated rings. The quantitative estimate of drug-likeness (QED) is 0.742. The Labute approximate surface area is 127 Å². The number of ketones is 1. The second-order valence-corrected chi connectivity index (χ2v) is 5.17. The van der Waals surface area contributed by atoms with Crippen molar-refractivity contribution in [2.45, 2.75) is 0 Å². The average Bonchev–Trinajstić information content (AvgIpc) is 2.37. The van der Waals surface area contributed by atoms with E-state index < -0.39 is 29.6 Å². The predicted molar refractivity (Wildman–Crippen MR) is 75.3 cm³/mol. The van der Waals surface area contributed by atoms with Gasteiger partial charge in [-0.1, -0.05) is 17.7 Å². The molecule has 0 heterocycles. The Balaban J connectivity index is 2.13. The molecular formula is C14H8BrClF2O2. The van der Waals surface area contributed by atoms with Gasteiger partial charge in [0.2, 0.25) is 5.78 Å². The number of ether oxygens (including phenoxy) is 1. The number of benzene rings is 2. The molecule has 2 nitrogen and oxygen atoms in total. The topological polar surface area (TPSA) is 26.3 Å². The monoisotopic (exact) mass is 360 g/mol. The van der Waals surface area contributed by atoms with Crippen LogP contribution in [0, 0.1) is 11.6 Å². The fourth-order valence-corrected chi connectivity index (χ4v) is 2.37. The fourth-order valence-electron chi connectivity index (χ4n) is 1.57. The Morgan fingerprint density at radius 1 is 1.20 bits per heavy atom. The van der Waals surface area contributed by atoms with Gasteiger partial charge in [-0.2, -0.15) is 0 Å². The van der Waals surface area contributed by atoms with Crippen LogP contribution in [0.4, 0.5) is 8.78 Å². The van der Waals surface area contributed by atoms with Crippen molar-refractivity contribution in [3.05, 3.63) is 63.1 Å². The standard InChI is InChI=1S/C14H8BrClF2O2/c15-9-6-8(16)4-5-13(9)20-7-12(19)14-10(17)2-1-3-11(14)18/h1-6H,7H2. The summed E-state index contributed by atoms with van der Waals surface area (Å²) in [6.07, 6.45) is 0. The first-order valence-corrected chi connectivity index (χ1v) is 6.71. The van der Waals surface area contributed by atoms with Crippen LogP contribution in [0.5, 0.6) is 5.75 Å². The molecule has 0 saturated heterocycles. The van der Waals surface area contributed by atoms with Crippen LogP contribution in [0.3, 0.4) is 0 Å².